The molecule has 1 aliphatic carbocycles. The lowest BCUT2D eigenvalue weighted by atomic mass is 9.80. The fourth-order valence-electron chi connectivity index (χ4n) is 4.69. The molecule has 1 fully saturated rings. The van der Waals surface area contributed by atoms with Crippen molar-refractivity contribution in [1.29, 1.82) is 0 Å². The zero-order chi connectivity index (χ0) is 23.6. The highest BCUT2D eigenvalue weighted by molar-refractivity contribution is 5.78. The smallest absolute Gasteiger partial charge is 0.241 e. The van der Waals surface area contributed by atoms with E-state index in [0.29, 0.717) is 45.3 Å². The molecule has 4 nitrogen and oxygen atoms in total. The third kappa shape index (κ3) is 8.06. The van der Waals surface area contributed by atoms with Crippen LogP contribution in [0.2, 0.25) is 0 Å². The van der Waals surface area contributed by atoms with E-state index in [1.807, 2.05) is 11.1 Å². The largest absolute Gasteiger partial charge is 0.323 e. The van der Waals surface area contributed by atoms with Gasteiger partial charge in [0.2, 0.25) is 12.3 Å². The number of allylic oxidation sites excluding steroid dienone is 1. The van der Waals surface area contributed by atoms with Crippen molar-refractivity contribution < 1.29 is 18.4 Å². The molecule has 0 saturated heterocycles. The second-order valence-corrected chi connectivity index (χ2v) is 9.28. The highest BCUT2D eigenvalue weighted by Gasteiger charge is 2.29. The number of nitrogens with zero attached hydrogens (tertiary/aromatic N) is 1. The van der Waals surface area contributed by atoms with Gasteiger partial charge in [-0.1, -0.05) is 25.1 Å². The van der Waals surface area contributed by atoms with Crippen molar-refractivity contribution in [2.24, 2.45) is 11.8 Å². The maximum atomic E-state index is 13.0. The van der Waals surface area contributed by atoms with E-state index in [2.05, 4.69) is 43.1 Å². The number of nitrogens with one attached hydrogen (secondary N) is 1. The molecule has 3 rings (SSSR count). The summed E-state index contributed by atoms with van der Waals surface area (Å²) in [6, 6.07) is 6.60. The number of halogens is 2. The number of amides is 1. The van der Waals surface area contributed by atoms with Crippen LogP contribution < -0.4 is 5.32 Å². The maximum absolute atomic E-state index is 13.0. The van der Waals surface area contributed by atoms with Crippen LogP contribution in [0.3, 0.4) is 0 Å². The van der Waals surface area contributed by atoms with Gasteiger partial charge in [0.25, 0.3) is 0 Å². The van der Waals surface area contributed by atoms with Gasteiger partial charge < -0.3 is 5.32 Å². The Labute approximate surface area is 197 Å². The van der Waals surface area contributed by atoms with Crippen LogP contribution >= 0.6 is 0 Å². The number of benzene rings is 1. The summed E-state index contributed by atoms with van der Waals surface area (Å²) >= 11 is 0. The van der Waals surface area contributed by atoms with Gasteiger partial charge in [0.15, 0.2) is 0 Å². The van der Waals surface area contributed by atoms with Crippen LogP contribution in [0.25, 0.3) is 0 Å². The molecule has 0 unspecified atom stereocenters. The van der Waals surface area contributed by atoms with Crippen LogP contribution in [0.1, 0.15) is 68.6 Å². The summed E-state index contributed by atoms with van der Waals surface area (Å²) in [7, 11) is 0. The van der Waals surface area contributed by atoms with Gasteiger partial charge in [-0.15, -0.1) is 5.73 Å². The lowest BCUT2D eigenvalue weighted by molar-refractivity contribution is -0.161. The predicted octanol–water partition coefficient (Wildman–Crippen LogP) is 5.74. The molecule has 0 spiro atoms. The van der Waals surface area contributed by atoms with Crippen molar-refractivity contribution >= 4 is 5.91 Å². The van der Waals surface area contributed by atoms with E-state index in [1.54, 1.807) is 0 Å². The fraction of sp³-hybridized carbons (Fsp3) is 0.630. The molecule has 1 N–H and O–H groups in total. The van der Waals surface area contributed by atoms with Crippen molar-refractivity contribution in [3.63, 3.8) is 0 Å². The summed E-state index contributed by atoms with van der Waals surface area (Å²) < 4.78 is 25.9. The van der Waals surface area contributed by atoms with Crippen molar-refractivity contribution in [2.75, 3.05) is 19.7 Å². The highest BCUT2D eigenvalue weighted by Crippen LogP contribution is 2.35. The Morgan fingerprint density at radius 1 is 1.21 bits per heavy atom. The number of aryl methyl sites for hydroxylation is 2. The minimum atomic E-state index is -2.25. The predicted molar refractivity (Wildman–Crippen MR) is 127 cm³/mol. The standard InChI is InChI=1S/C27H38F2N2O2/c1-3-21-8-9-22(20(2)19-21)15-18-33-31-16-6-4-5-7-25(30-26(32)14-17-31)23-10-12-24(13-11-23)27(28)29/h5,8-9,19,23-24,27H,3-4,6,10-18H2,1-2H3,(H,30,32). The first-order valence-corrected chi connectivity index (χ1v) is 12.5. The van der Waals surface area contributed by atoms with Gasteiger partial charge in [0.1, 0.15) is 0 Å². The molecule has 2 aliphatic rings. The summed E-state index contributed by atoms with van der Waals surface area (Å²) in [6.07, 6.45) is 6.05. The van der Waals surface area contributed by atoms with Gasteiger partial charge in [-0.2, -0.15) is 5.06 Å². The molecule has 1 aromatic carbocycles. The molecule has 1 aromatic rings. The van der Waals surface area contributed by atoms with E-state index in [-0.39, 0.29) is 11.8 Å². The number of hydrogen-bond acceptors (Lipinski definition) is 3. The number of alkyl halides is 2. The Morgan fingerprint density at radius 3 is 2.70 bits per heavy atom. The monoisotopic (exact) mass is 460 g/mol. The Kier molecular flexibility index (Phi) is 10.1. The average molecular weight is 461 g/mol. The zero-order valence-corrected chi connectivity index (χ0v) is 20.0. The molecule has 6 heteroatoms. The van der Waals surface area contributed by atoms with Crippen molar-refractivity contribution in [2.45, 2.75) is 78.1 Å². The van der Waals surface area contributed by atoms with Gasteiger partial charge in [-0.25, -0.2) is 8.78 Å². The second kappa shape index (κ2) is 13.0. The Morgan fingerprint density at radius 2 is 2.00 bits per heavy atom. The molecular weight excluding hydrogens is 422 g/mol. The summed E-state index contributed by atoms with van der Waals surface area (Å²) in [6.45, 7) is 6.18. The number of rotatable bonds is 7. The molecule has 1 heterocycles. The third-order valence-electron chi connectivity index (χ3n) is 6.87. The molecule has 33 heavy (non-hydrogen) atoms. The summed E-state index contributed by atoms with van der Waals surface area (Å²) in [5.74, 6) is -0.470. The fourth-order valence-corrected chi connectivity index (χ4v) is 4.69. The molecule has 0 bridgehead atoms. The average Bonchev–Trinajstić information content (AvgIpc) is 2.85. The van der Waals surface area contributed by atoms with Crippen molar-refractivity contribution in [1.82, 2.24) is 10.4 Å². The summed E-state index contributed by atoms with van der Waals surface area (Å²) in [5, 5.41) is 4.92. The van der Waals surface area contributed by atoms with Gasteiger partial charge in [-0.3, -0.25) is 9.63 Å². The normalized spacial score (nSPS) is 23.2. The van der Waals surface area contributed by atoms with E-state index in [1.165, 1.54) is 16.7 Å². The van der Waals surface area contributed by atoms with Crippen LogP contribution in [-0.2, 0) is 22.5 Å². The number of hydrogen-bond donors (Lipinski definition) is 1. The molecule has 1 saturated carbocycles. The number of hydroxylamine groups is 2. The minimum absolute atomic E-state index is 0.0663. The maximum Gasteiger partial charge on any atom is 0.241 e. The first kappa shape index (κ1) is 25.6. The SMILES string of the molecule is CCc1ccc(CCON2CCCC=C=C(C3CCC(C(F)F)CC3)NC(=O)CC2)c(C)c1. The van der Waals surface area contributed by atoms with Crippen LogP contribution in [0.5, 0.6) is 0 Å². The molecule has 1 amide bonds. The minimum Gasteiger partial charge on any atom is -0.323 e. The van der Waals surface area contributed by atoms with E-state index in [0.717, 1.165) is 37.9 Å². The van der Waals surface area contributed by atoms with Crippen molar-refractivity contribution in [3.8, 4) is 0 Å². The summed E-state index contributed by atoms with van der Waals surface area (Å²) in [5.41, 5.74) is 7.97. The first-order valence-electron chi connectivity index (χ1n) is 12.5. The lowest BCUT2D eigenvalue weighted by Crippen LogP contribution is -2.34. The van der Waals surface area contributed by atoms with E-state index >= 15 is 0 Å². The summed E-state index contributed by atoms with van der Waals surface area (Å²) in [4.78, 5) is 18.6. The number of carbonyl (C=O) groups is 1. The Bertz CT molecular complexity index is 841. The van der Waals surface area contributed by atoms with Gasteiger partial charge in [0.05, 0.1) is 12.3 Å². The third-order valence-corrected chi connectivity index (χ3v) is 6.87. The van der Waals surface area contributed by atoms with Crippen LogP contribution in [0.15, 0.2) is 35.7 Å². The quantitative estimate of drug-likeness (QED) is 0.527. The number of carbonyl (C=O) groups excluding carboxylic acids is 1. The topological polar surface area (TPSA) is 41.6 Å². The van der Waals surface area contributed by atoms with E-state index in [9.17, 15) is 13.6 Å². The van der Waals surface area contributed by atoms with Crippen LogP contribution in [-0.4, -0.2) is 37.1 Å². The van der Waals surface area contributed by atoms with Gasteiger partial charge >= 0.3 is 0 Å². The van der Waals surface area contributed by atoms with Crippen molar-refractivity contribution in [3.05, 3.63) is 52.4 Å². The first-order chi connectivity index (χ1) is 16.0. The van der Waals surface area contributed by atoms with Gasteiger partial charge in [-0.05, 0) is 81.1 Å². The lowest BCUT2D eigenvalue weighted by Gasteiger charge is -2.29. The molecule has 0 aromatic heterocycles. The molecular formula is C27H38F2N2O2. The van der Waals surface area contributed by atoms with Gasteiger partial charge in [0, 0.05) is 31.3 Å². The van der Waals surface area contributed by atoms with Crippen LogP contribution in [0, 0.1) is 18.8 Å². The second-order valence-electron chi connectivity index (χ2n) is 9.28. The molecule has 0 radical (unpaired) electrons. The molecule has 0 atom stereocenters. The Balaban J connectivity index is 1.49. The molecule has 1 aliphatic heterocycles. The van der Waals surface area contributed by atoms with E-state index in [4.69, 9.17) is 4.84 Å². The zero-order valence-electron chi connectivity index (χ0n) is 20.0. The van der Waals surface area contributed by atoms with E-state index < -0.39 is 12.3 Å². The highest BCUT2D eigenvalue weighted by atomic mass is 19.3. The van der Waals surface area contributed by atoms with Crippen LogP contribution in [0.4, 0.5) is 8.78 Å². The molecule has 182 valence electrons. The Hall–Kier alpha value is -2.01.